The van der Waals surface area contributed by atoms with E-state index >= 15 is 0 Å². The normalized spacial score (nSPS) is 15.2. The number of halogens is 3. The minimum absolute atomic E-state index is 0.239. The molecule has 0 saturated heterocycles. The van der Waals surface area contributed by atoms with Crippen LogP contribution in [0.25, 0.3) is 0 Å². The molecule has 0 bridgehead atoms. The van der Waals surface area contributed by atoms with Crippen LogP contribution in [0.4, 0.5) is 11.4 Å². The summed E-state index contributed by atoms with van der Waals surface area (Å²) in [6, 6.07) is 8.80. The van der Waals surface area contributed by atoms with Gasteiger partial charge in [0.15, 0.2) is 0 Å². The summed E-state index contributed by atoms with van der Waals surface area (Å²) in [6.45, 7) is 1.86. The van der Waals surface area contributed by atoms with Gasteiger partial charge in [-0.15, -0.1) is 0 Å². The van der Waals surface area contributed by atoms with Crippen molar-refractivity contribution in [3.8, 4) is 0 Å². The minimum Gasteiger partial charge on any atom is -0.320 e. The van der Waals surface area contributed by atoms with Crippen LogP contribution < -0.4 is 5.32 Å². The second kappa shape index (κ2) is 5.44. The number of hydrogen-bond donors (Lipinski definition) is 1. The third kappa shape index (κ3) is 2.59. The van der Waals surface area contributed by atoms with Crippen molar-refractivity contribution in [2.75, 3.05) is 5.32 Å². The maximum Gasteiger partial charge on any atom is 0.275 e. The SMILES string of the molecule is Cc1c(Cl)c(Br)cc2c1NC(=O)C2=Nc1ccc(Cl)cc1. The van der Waals surface area contributed by atoms with Gasteiger partial charge in [0.2, 0.25) is 0 Å². The fourth-order valence-electron chi connectivity index (χ4n) is 2.15. The van der Waals surface area contributed by atoms with Gasteiger partial charge in [-0.25, -0.2) is 4.99 Å². The van der Waals surface area contributed by atoms with Crippen LogP contribution in [0.5, 0.6) is 0 Å². The minimum atomic E-state index is -0.239. The molecule has 1 aliphatic heterocycles. The van der Waals surface area contributed by atoms with E-state index in [1.165, 1.54) is 0 Å². The van der Waals surface area contributed by atoms with Crippen molar-refractivity contribution in [3.05, 3.63) is 56.0 Å². The molecule has 0 aliphatic carbocycles. The molecule has 1 heterocycles. The molecule has 3 nitrogen and oxygen atoms in total. The van der Waals surface area contributed by atoms with Gasteiger partial charge in [0.1, 0.15) is 5.71 Å². The zero-order valence-corrected chi connectivity index (χ0v) is 14.0. The Bertz CT molecular complexity index is 785. The number of amides is 1. The van der Waals surface area contributed by atoms with E-state index in [1.807, 2.05) is 6.92 Å². The van der Waals surface area contributed by atoms with Crippen LogP contribution in [0.3, 0.4) is 0 Å². The zero-order chi connectivity index (χ0) is 15.1. The highest BCUT2D eigenvalue weighted by molar-refractivity contribution is 9.10. The van der Waals surface area contributed by atoms with Crippen molar-refractivity contribution in [2.45, 2.75) is 6.92 Å². The number of rotatable bonds is 1. The number of carbonyl (C=O) groups excluding carboxylic acids is 1. The monoisotopic (exact) mass is 382 g/mol. The van der Waals surface area contributed by atoms with E-state index in [-0.39, 0.29) is 5.91 Å². The van der Waals surface area contributed by atoms with Crippen LogP contribution in [-0.2, 0) is 4.79 Å². The van der Waals surface area contributed by atoms with E-state index in [2.05, 4.69) is 26.2 Å². The molecule has 0 radical (unpaired) electrons. The highest BCUT2D eigenvalue weighted by Gasteiger charge is 2.29. The maximum atomic E-state index is 12.2. The Labute approximate surface area is 140 Å². The quantitative estimate of drug-likeness (QED) is 0.727. The second-order valence-electron chi connectivity index (χ2n) is 4.61. The van der Waals surface area contributed by atoms with E-state index in [4.69, 9.17) is 23.2 Å². The first-order valence-electron chi connectivity index (χ1n) is 6.12. The van der Waals surface area contributed by atoms with E-state index in [1.54, 1.807) is 30.3 Å². The standard InChI is InChI=1S/C15H9BrCl2N2O/c1-7-12(18)11(16)6-10-13(7)20-15(21)14(10)19-9-4-2-8(17)3-5-9/h2-6H,1H3,(H,19,20,21). The van der Waals surface area contributed by atoms with Crippen molar-refractivity contribution >= 4 is 62.1 Å². The highest BCUT2D eigenvalue weighted by atomic mass is 79.9. The molecule has 0 aromatic heterocycles. The summed E-state index contributed by atoms with van der Waals surface area (Å²) in [5.74, 6) is -0.239. The Balaban J connectivity index is 2.15. The van der Waals surface area contributed by atoms with Crippen LogP contribution in [0.2, 0.25) is 10.0 Å². The number of aliphatic imine (C=N–C) groups is 1. The predicted molar refractivity (Wildman–Crippen MR) is 90.2 cm³/mol. The summed E-state index contributed by atoms with van der Waals surface area (Å²) in [4.78, 5) is 16.6. The molecule has 0 atom stereocenters. The zero-order valence-electron chi connectivity index (χ0n) is 10.9. The van der Waals surface area contributed by atoms with Gasteiger partial charge in [-0.2, -0.15) is 0 Å². The van der Waals surface area contributed by atoms with Crippen molar-refractivity contribution in [1.29, 1.82) is 0 Å². The molecule has 1 amide bonds. The van der Waals surface area contributed by atoms with Crippen molar-refractivity contribution in [2.24, 2.45) is 4.99 Å². The summed E-state index contributed by atoms with van der Waals surface area (Å²) < 4.78 is 0.737. The molecule has 21 heavy (non-hydrogen) atoms. The van der Waals surface area contributed by atoms with Crippen LogP contribution in [0, 0.1) is 6.92 Å². The smallest absolute Gasteiger partial charge is 0.275 e. The first-order valence-corrected chi connectivity index (χ1v) is 7.67. The summed E-state index contributed by atoms with van der Waals surface area (Å²) >= 11 is 15.4. The molecule has 3 rings (SSSR count). The third-order valence-corrected chi connectivity index (χ3v) is 4.82. The van der Waals surface area contributed by atoms with Gasteiger partial charge in [0, 0.05) is 15.1 Å². The van der Waals surface area contributed by atoms with E-state index < -0.39 is 0 Å². The number of fused-ring (bicyclic) bond motifs is 1. The van der Waals surface area contributed by atoms with Gasteiger partial charge < -0.3 is 5.32 Å². The lowest BCUT2D eigenvalue weighted by molar-refractivity contribution is -0.110. The topological polar surface area (TPSA) is 41.5 Å². The lowest BCUT2D eigenvalue weighted by Crippen LogP contribution is -2.13. The van der Waals surface area contributed by atoms with Gasteiger partial charge >= 0.3 is 0 Å². The third-order valence-electron chi connectivity index (χ3n) is 3.23. The Morgan fingerprint density at radius 1 is 1.19 bits per heavy atom. The first kappa shape index (κ1) is 14.6. The lowest BCUT2D eigenvalue weighted by Gasteiger charge is -2.07. The van der Waals surface area contributed by atoms with Crippen molar-refractivity contribution in [3.63, 3.8) is 0 Å². The van der Waals surface area contributed by atoms with E-state index in [0.717, 1.165) is 15.6 Å². The molecule has 106 valence electrons. The molecule has 2 aromatic carbocycles. The second-order valence-corrected chi connectivity index (χ2v) is 6.28. The summed E-state index contributed by atoms with van der Waals surface area (Å²) in [5.41, 5.74) is 3.30. The average Bonchev–Trinajstić information content (AvgIpc) is 2.76. The van der Waals surface area contributed by atoms with Crippen LogP contribution in [0.1, 0.15) is 11.1 Å². The molecule has 0 saturated carbocycles. The van der Waals surface area contributed by atoms with Gasteiger partial charge in [-0.1, -0.05) is 23.2 Å². The number of benzene rings is 2. The molecule has 0 unspecified atom stereocenters. The largest absolute Gasteiger partial charge is 0.320 e. The van der Waals surface area contributed by atoms with Crippen molar-refractivity contribution in [1.82, 2.24) is 0 Å². The molecule has 6 heteroatoms. The van der Waals surface area contributed by atoms with Gasteiger partial charge in [0.25, 0.3) is 5.91 Å². The average molecular weight is 384 g/mol. The summed E-state index contributed by atoms with van der Waals surface area (Å²) in [5, 5.41) is 4.02. The molecule has 0 spiro atoms. The number of nitrogens with one attached hydrogen (secondary N) is 1. The van der Waals surface area contributed by atoms with Crippen LogP contribution >= 0.6 is 39.1 Å². The van der Waals surface area contributed by atoms with E-state index in [9.17, 15) is 4.79 Å². The Morgan fingerprint density at radius 3 is 2.52 bits per heavy atom. The number of anilines is 1. The molecule has 1 N–H and O–H groups in total. The van der Waals surface area contributed by atoms with Crippen LogP contribution in [-0.4, -0.2) is 11.6 Å². The Kier molecular flexibility index (Phi) is 3.78. The Morgan fingerprint density at radius 2 is 1.86 bits per heavy atom. The summed E-state index contributed by atoms with van der Waals surface area (Å²) in [6.07, 6.45) is 0. The van der Waals surface area contributed by atoms with Crippen LogP contribution in [0.15, 0.2) is 39.8 Å². The van der Waals surface area contributed by atoms with E-state index in [0.29, 0.717) is 27.1 Å². The van der Waals surface area contributed by atoms with Gasteiger partial charge in [0.05, 0.1) is 16.4 Å². The lowest BCUT2D eigenvalue weighted by atomic mass is 10.1. The first-order chi connectivity index (χ1) is 9.97. The molecular weight excluding hydrogens is 375 g/mol. The molecular formula is C15H9BrCl2N2O. The maximum absolute atomic E-state index is 12.2. The molecule has 0 fully saturated rings. The number of carbonyl (C=O) groups is 1. The fourth-order valence-corrected chi connectivity index (χ4v) is 2.95. The van der Waals surface area contributed by atoms with Crippen molar-refractivity contribution < 1.29 is 4.79 Å². The van der Waals surface area contributed by atoms with Gasteiger partial charge in [-0.05, 0) is 58.7 Å². The Hall–Kier alpha value is -1.36. The number of hydrogen-bond acceptors (Lipinski definition) is 2. The summed E-state index contributed by atoms with van der Waals surface area (Å²) in [7, 11) is 0. The predicted octanol–water partition coefficient (Wildman–Crippen LogP) is 5.14. The molecule has 2 aromatic rings. The molecule has 1 aliphatic rings. The van der Waals surface area contributed by atoms with Gasteiger partial charge in [-0.3, -0.25) is 4.79 Å². The highest BCUT2D eigenvalue weighted by Crippen LogP contribution is 2.38. The fraction of sp³-hybridized carbons (Fsp3) is 0.0667. The number of nitrogens with zero attached hydrogens (tertiary/aromatic N) is 1.